The molecule has 1 saturated carbocycles. The topological polar surface area (TPSA) is 51.2 Å². The number of benzene rings is 2. The second kappa shape index (κ2) is 6.53. The van der Waals surface area contributed by atoms with E-state index < -0.39 is 15.6 Å². The second-order valence-corrected chi connectivity index (χ2v) is 9.98. The van der Waals surface area contributed by atoms with E-state index in [-0.39, 0.29) is 17.3 Å². The van der Waals surface area contributed by atoms with Crippen molar-refractivity contribution in [2.45, 2.75) is 32.4 Å². The molecule has 1 aliphatic carbocycles. The molecule has 1 heterocycles. The third-order valence-corrected chi connectivity index (χ3v) is 8.65. The van der Waals surface area contributed by atoms with Crippen LogP contribution in [-0.4, -0.2) is 27.8 Å². The fourth-order valence-corrected chi connectivity index (χ4v) is 7.22. The molecular weight excluding hydrogens is 380 g/mol. The normalized spacial score (nSPS) is 21.2. The zero-order valence-electron chi connectivity index (χ0n) is 17.1. The van der Waals surface area contributed by atoms with Crippen LogP contribution in [0.25, 0.3) is 0 Å². The summed E-state index contributed by atoms with van der Waals surface area (Å²) in [5.41, 5.74) is 0.716. The number of carbonyl (C=O) groups is 3. The maximum atomic E-state index is 13.7. The smallest absolute Gasteiger partial charge is 0.190 e. The second-order valence-electron chi connectivity index (χ2n) is 8.79. The van der Waals surface area contributed by atoms with E-state index in [1.807, 2.05) is 64.1 Å². The predicted octanol–water partition coefficient (Wildman–Crippen LogP) is 5.17. The largest absolute Gasteiger partial charge is 0.298 e. The predicted molar refractivity (Wildman–Crippen MR) is 116 cm³/mol. The van der Waals surface area contributed by atoms with Gasteiger partial charge in [-0.15, -0.1) is 11.8 Å². The minimum Gasteiger partial charge on any atom is -0.298 e. The number of carbonyl (C=O) groups excluding carboxylic acids is 3. The highest BCUT2D eigenvalue weighted by molar-refractivity contribution is 8.01. The average molecular weight is 405 g/mol. The van der Waals surface area contributed by atoms with Crippen LogP contribution in [0.3, 0.4) is 0 Å². The summed E-state index contributed by atoms with van der Waals surface area (Å²) in [4.78, 5) is 40.2. The lowest BCUT2D eigenvalue weighted by Gasteiger charge is -2.64. The molecular formula is C25H24O3S. The molecule has 4 heteroatoms. The van der Waals surface area contributed by atoms with Gasteiger partial charge < -0.3 is 0 Å². The highest BCUT2D eigenvalue weighted by Crippen LogP contribution is 2.71. The fourth-order valence-electron chi connectivity index (χ4n) is 5.32. The first-order valence-electron chi connectivity index (χ1n) is 9.78. The van der Waals surface area contributed by atoms with E-state index in [0.29, 0.717) is 28.0 Å². The van der Waals surface area contributed by atoms with Crippen LogP contribution in [0.5, 0.6) is 0 Å². The zero-order valence-corrected chi connectivity index (χ0v) is 17.9. The third kappa shape index (κ3) is 2.48. The Kier molecular flexibility index (Phi) is 4.47. The van der Waals surface area contributed by atoms with E-state index in [1.165, 1.54) is 0 Å². The Morgan fingerprint density at radius 1 is 0.759 bits per heavy atom. The first-order valence-corrected chi connectivity index (χ1v) is 10.8. The fraction of sp³-hybridized carbons (Fsp3) is 0.320. The lowest BCUT2D eigenvalue weighted by atomic mass is 9.43. The molecule has 2 aromatic carbocycles. The van der Waals surface area contributed by atoms with Crippen molar-refractivity contribution in [1.29, 1.82) is 0 Å². The molecule has 29 heavy (non-hydrogen) atoms. The summed E-state index contributed by atoms with van der Waals surface area (Å²) >= 11 is 1.57. The molecule has 1 fully saturated rings. The van der Waals surface area contributed by atoms with Crippen LogP contribution in [0.15, 0.2) is 71.8 Å². The minimum absolute atomic E-state index is 0.125. The van der Waals surface area contributed by atoms with Gasteiger partial charge in [0.25, 0.3) is 0 Å². The Morgan fingerprint density at radius 2 is 1.21 bits per heavy atom. The molecule has 0 N–H and O–H groups in total. The van der Waals surface area contributed by atoms with Gasteiger partial charge in [-0.2, -0.15) is 0 Å². The number of thioether (sulfide) groups is 1. The van der Waals surface area contributed by atoms with Crippen molar-refractivity contribution in [3.63, 3.8) is 0 Å². The first kappa shape index (κ1) is 19.8. The highest BCUT2D eigenvalue weighted by atomic mass is 32.2. The Bertz CT molecular complexity index is 1030. The number of rotatable bonds is 4. The average Bonchev–Trinajstić information content (AvgIpc) is 3.16. The number of hydrogen-bond donors (Lipinski definition) is 0. The molecule has 3 nitrogen and oxygen atoms in total. The van der Waals surface area contributed by atoms with Gasteiger partial charge in [0.1, 0.15) is 5.78 Å². The molecule has 1 spiro atoms. The van der Waals surface area contributed by atoms with Crippen molar-refractivity contribution in [1.82, 2.24) is 0 Å². The highest BCUT2D eigenvalue weighted by Gasteiger charge is 2.76. The summed E-state index contributed by atoms with van der Waals surface area (Å²) in [6, 6.07) is 18.1. The van der Waals surface area contributed by atoms with Crippen molar-refractivity contribution in [3.05, 3.63) is 82.9 Å². The van der Waals surface area contributed by atoms with Crippen LogP contribution in [-0.2, 0) is 4.79 Å². The molecule has 2 aromatic rings. The molecule has 148 valence electrons. The summed E-state index contributed by atoms with van der Waals surface area (Å²) in [5.74, 6) is 0.287. The van der Waals surface area contributed by atoms with Crippen molar-refractivity contribution in [3.8, 4) is 0 Å². The Labute approximate surface area is 175 Å². The van der Waals surface area contributed by atoms with E-state index in [2.05, 4.69) is 0 Å². The zero-order chi connectivity index (χ0) is 21.0. The molecule has 0 atom stereocenters. The monoisotopic (exact) mass is 404 g/mol. The van der Waals surface area contributed by atoms with Crippen molar-refractivity contribution in [2.75, 3.05) is 5.75 Å². The van der Waals surface area contributed by atoms with Crippen molar-refractivity contribution >= 4 is 29.1 Å². The molecule has 0 unspecified atom stereocenters. The van der Waals surface area contributed by atoms with Crippen LogP contribution in [0.2, 0.25) is 0 Å². The third-order valence-electron chi connectivity index (χ3n) is 6.56. The van der Waals surface area contributed by atoms with Crippen LogP contribution < -0.4 is 0 Å². The SMILES string of the molecule is CC1(C)C(=O)C(C)(C)C12SCC(C(=O)c1ccccc1)=C2C(=O)c1ccccc1. The standard InChI is InChI=1S/C25H24O3S/c1-23(2)22(28)24(3,4)25(23)19(21(27)17-13-9-6-10-14-17)18(15-29-25)20(26)16-11-7-5-8-12-16/h5-14H,15H2,1-4H3. The molecule has 2 aliphatic rings. The molecule has 1 aliphatic heterocycles. The molecule has 0 amide bonds. The maximum Gasteiger partial charge on any atom is 0.190 e. The first-order chi connectivity index (χ1) is 13.7. The van der Waals surface area contributed by atoms with Crippen LogP contribution >= 0.6 is 11.8 Å². The van der Waals surface area contributed by atoms with Gasteiger partial charge in [-0.05, 0) is 0 Å². The van der Waals surface area contributed by atoms with Gasteiger partial charge in [-0.3, -0.25) is 14.4 Å². The van der Waals surface area contributed by atoms with Crippen LogP contribution in [0.1, 0.15) is 48.4 Å². The molecule has 0 radical (unpaired) electrons. The van der Waals surface area contributed by atoms with Gasteiger partial charge in [0.15, 0.2) is 11.6 Å². The summed E-state index contributed by atoms with van der Waals surface area (Å²) in [7, 11) is 0. The quantitative estimate of drug-likeness (QED) is 0.660. The van der Waals surface area contributed by atoms with Gasteiger partial charge >= 0.3 is 0 Å². The van der Waals surface area contributed by atoms with Crippen molar-refractivity contribution < 1.29 is 14.4 Å². The van der Waals surface area contributed by atoms with Crippen molar-refractivity contribution in [2.24, 2.45) is 10.8 Å². The van der Waals surface area contributed by atoms with Gasteiger partial charge in [-0.1, -0.05) is 88.4 Å². The maximum absolute atomic E-state index is 13.7. The molecule has 4 rings (SSSR count). The number of ketones is 3. The van der Waals surface area contributed by atoms with Crippen LogP contribution in [0, 0.1) is 10.8 Å². The van der Waals surface area contributed by atoms with Gasteiger partial charge in [0, 0.05) is 38.9 Å². The van der Waals surface area contributed by atoms with E-state index in [0.717, 1.165) is 0 Å². The van der Waals surface area contributed by atoms with Gasteiger partial charge in [0.2, 0.25) is 0 Å². The Morgan fingerprint density at radius 3 is 1.69 bits per heavy atom. The van der Waals surface area contributed by atoms with E-state index in [9.17, 15) is 14.4 Å². The number of hydrogen-bond acceptors (Lipinski definition) is 4. The summed E-state index contributed by atoms with van der Waals surface area (Å²) in [6.07, 6.45) is 0. The van der Waals surface area contributed by atoms with E-state index >= 15 is 0 Å². The summed E-state index contributed by atoms with van der Waals surface area (Å²) in [5, 5.41) is 0. The Balaban J connectivity index is 1.95. The lowest BCUT2D eigenvalue weighted by Crippen LogP contribution is -2.73. The number of Topliss-reactive ketones (excluding diaryl/α,β-unsaturated/α-hetero) is 3. The molecule has 0 bridgehead atoms. The lowest BCUT2D eigenvalue weighted by molar-refractivity contribution is -0.156. The van der Waals surface area contributed by atoms with Gasteiger partial charge in [-0.25, -0.2) is 0 Å². The van der Waals surface area contributed by atoms with E-state index in [1.54, 1.807) is 36.0 Å². The Hall–Kier alpha value is -2.46. The van der Waals surface area contributed by atoms with E-state index in [4.69, 9.17) is 0 Å². The summed E-state index contributed by atoms with van der Waals surface area (Å²) < 4.78 is -0.718. The minimum atomic E-state index is -0.723. The summed E-state index contributed by atoms with van der Waals surface area (Å²) in [6.45, 7) is 7.62. The molecule has 0 saturated heterocycles. The van der Waals surface area contributed by atoms with Crippen LogP contribution in [0.4, 0.5) is 0 Å². The molecule has 0 aromatic heterocycles. The van der Waals surface area contributed by atoms with Gasteiger partial charge in [0.05, 0.1) is 4.75 Å².